The smallest absolute Gasteiger partial charge is 0.0669 e. The standard InChI is InChI=1S/C17H31N3O/c1-5-16-15(11-18-13(3)4)17(6-2)20(19-16)12-14-7-9-21-10-8-14/h13-14,18H,5-12H2,1-4H3. The van der Waals surface area contributed by atoms with E-state index in [1.165, 1.54) is 29.8 Å². The van der Waals surface area contributed by atoms with Gasteiger partial charge in [0, 0.05) is 43.6 Å². The molecule has 1 saturated heterocycles. The van der Waals surface area contributed by atoms with Crippen LogP contribution in [0.4, 0.5) is 0 Å². The van der Waals surface area contributed by atoms with E-state index >= 15 is 0 Å². The van der Waals surface area contributed by atoms with E-state index in [1.807, 2.05) is 0 Å². The van der Waals surface area contributed by atoms with Crippen molar-refractivity contribution in [1.29, 1.82) is 0 Å². The third-order valence-electron chi connectivity index (χ3n) is 4.38. The van der Waals surface area contributed by atoms with Gasteiger partial charge in [0.15, 0.2) is 0 Å². The molecular weight excluding hydrogens is 262 g/mol. The fraction of sp³-hybridized carbons (Fsp3) is 0.824. The number of ether oxygens (including phenoxy) is 1. The number of rotatable bonds is 7. The maximum absolute atomic E-state index is 5.47. The maximum atomic E-state index is 5.47. The molecule has 4 nitrogen and oxygen atoms in total. The molecular formula is C17H31N3O. The van der Waals surface area contributed by atoms with E-state index in [2.05, 4.69) is 37.7 Å². The highest BCUT2D eigenvalue weighted by atomic mass is 16.5. The Morgan fingerprint density at radius 2 is 1.95 bits per heavy atom. The van der Waals surface area contributed by atoms with Gasteiger partial charge in [0.1, 0.15) is 0 Å². The minimum Gasteiger partial charge on any atom is -0.381 e. The Bertz CT molecular complexity index is 433. The highest BCUT2D eigenvalue weighted by Crippen LogP contribution is 2.22. The van der Waals surface area contributed by atoms with Crippen LogP contribution in [0.25, 0.3) is 0 Å². The van der Waals surface area contributed by atoms with Crippen molar-refractivity contribution in [3.63, 3.8) is 0 Å². The molecule has 21 heavy (non-hydrogen) atoms. The molecule has 0 atom stereocenters. The number of nitrogens with one attached hydrogen (secondary N) is 1. The van der Waals surface area contributed by atoms with Crippen molar-refractivity contribution in [3.05, 3.63) is 17.0 Å². The third-order valence-corrected chi connectivity index (χ3v) is 4.38. The number of hydrogen-bond acceptors (Lipinski definition) is 3. The number of hydrogen-bond donors (Lipinski definition) is 1. The molecule has 1 fully saturated rings. The molecule has 1 aliphatic rings. The van der Waals surface area contributed by atoms with E-state index in [1.54, 1.807) is 0 Å². The molecule has 0 aliphatic carbocycles. The lowest BCUT2D eigenvalue weighted by molar-refractivity contribution is 0.0598. The molecule has 1 aliphatic heterocycles. The summed E-state index contributed by atoms with van der Waals surface area (Å²) in [6, 6.07) is 0.512. The Morgan fingerprint density at radius 3 is 2.52 bits per heavy atom. The average molecular weight is 293 g/mol. The van der Waals surface area contributed by atoms with E-state index in [0.29, 0.717) is 6.04 Å². The lowest BCUT2D eigenvalue weighted by atomic mass is 10.0. The second-order valence-electron chi connectivity index (χ2n) is 6.35. The average Bonchev–Trinajstić information content (AvgIpc) is 2.82. The first-order valence-electron chi connectivity index (χ1n) is 8.54. The van der Waals surface area contributed by atoms with E-state index in [4.69, 9.17) is 9.84 Å². The summed E-state index contributed by atoms with van der Waals surface area (Å²) in [4.78, 5) is 0. The predicted molar refractivity (Wildman–Crippen MR) is 86.5 cm³/mol. The maximum Gasteiger partial charge on any atom is 0.0669 e. The first-order valence-corrected chi connectivity index (χ1v) is 8.54. The van der Waals surface area contributed by atoms with Crippen LogP contribution in [0.5, 0.6) is 0 Å². The van der Waals surface area contributed by atoms with Crippen LogP contribution in [-0.2, 0) is 30.7 Å². The van der Waals surface area contributed by atoms with Gasteiger partial charge in [0.05, 0.1) is 5.69 Å². The fourth-order valence-electron chi connectivity index (χ4n) is 3.10. The quantitative estimate of drug-likeness (QED) is 0.840. The van der Waals surface area contributed by atoms with E-state index in [9.17, 15) is 0 Å². The fourth-order valence-corrected chi connectivity index (χ4v) is 3.10. The lowest BCUT2D eigenvalue weighted by Gasteiger charge is -2.22. The molecule has 2 rings (SSSR count). The summed E-state index contributed by atoms with van der Waals surface area (Å²) in [6.07, 6.45) is 4.42. The number of aromatic nitrogens is 2. The first kappa shape index (κ1) is 16.5. The van der Waals surface area contributed by atoms with Crippen molar-refractivity contribution in [2.45, 2.75) is 72.5 Å². The Balaban J connectivity index is 2.15. The van der Waals surface area contributed by atoms with Crippen molar-refractivity contribution < 1.29 is 4.74 Å². The van der Waals surface area contributed by atoms with E-state index in [-0.39, 0.29) is 0 Å². The molecule has 0 bridgehead atoms. The van der Waals surface area contributed by atoms with Crippen LogP contribution in [0.1, 0.15) is 57.5 Å². The van der Waals surface area contributed by atoms with Gasteiger partial charge in [-0.3, -0.25) is 4.68 Å². The zero-order valence-corrected chi connectivity index (χ0v) is 14.1. The minimum atomic E-state index is 0.512. The third kappa shape index (κ3) is 4.30. The van der Waals surface area contributed by atoms with E-state index < -0.39 is 0 Å². The summed E-state index contributed by atoms with van der Waals surface area (Å²) < 4.78 is 7.75. The molecule has 0 unspecified atom stereocenters. The molecule has 4 heteroatoms. The van der Waals surface area contributed by atoms with Gasteiger partial charge in [-0.1, -0.05) is 27.7 Å². The van der Waals surface area contributed by atoms with Gasteiger partial charge in [-0.2, -0.15) is 5.10 Å². The van der Waals surface area contributed by atoms with Crippen LogP contribution in [0.15, 0.2) is 0 Å². The number of nitrogens with zero attached hydrogens (tertiary/aromatic N) is 2. The highest BCUT2D eigenvalue weighted by molar-refractivity contribution is 5.27. The molecule has 0 saturated carbocycles. The summed E-state index contributed by atoms with van der Waals surface area (Å²) in [7, 11) is 0. The minimum absolute atomic E-state index is 0.512. The van der Waals surface area contributed by atoms with Crippen molar-refractivity contribution in [1.82, 2.24) is 15.1 Å². The summed E-state index contributed by atoms with van der Waals surface area (Å²) in [6.45, 7) is 12.7. The molecule has 0 radical (unpaired) electrons. The first-order chi connectivity index (χ1) is 10.2. The molecule has 1 N–H and O–H groups in total. The van der Waals surface area contributed by atoms with Gasteiger partial charge in [-0.15, -0.1) is 0 Å². The van der Waals surface area contributed by atoms with Crippen LogP contribution >= 0.6 is 0 Å². The van der Waals surface area contributed by atoms with Crippen molar-refractivity contribution in [2.75, 3.05) is 13.2 Å². The molecule has 1 aromatic rings. The normalized spacial score (nSPS) is 16.8. The largest absolute Gasteiger partial charge is 0.381 e. The van der Waals surface area contributed by atoms with Gasteiger partial charge < -0.3 is 10.1 Å². The Hall–Kier alpha value is -0.870. The highest BCUT2D eigenvalue weighted by Gasteiger charge is 2.20. The summed E-state index contributed by atoms with van der Waals surface area (Å²) in [5.74, 6) is 0.722. The van der Waals surface area contributed by atoms with Gasteiger partial charge in [-0.25, -0.2) is 0 Å². The predicted octanol–water partition coefficient (Wildman–Crippen LogP) is 2.93. The second kappa shape index (κ2) is 7.95. The van der Waals surface area contributed by atoms with Crippen LogP contribution in [-0.4, -0.2) is 29.0 Å². The van der Waals surface area contributed by atoms with Crippen LogP contribution in [0.2, 0.25) is 0 Å². The van der Waals surface area contributed by atoms with Gasteiger partial charge >= 0.3 is 0 Å². The van der Waals surface area contributed by atoms with Gasteiger partial charge in [0.2, 0.25) is 0 Å². The van der Waals surface area contributed by atoms with Crippen molar-refractivity contribution in [3.8, 4) is 0 Å². The lowest BCUT2D eigenvalue weighted by Crippen LogP contribution is -2.24. The summed E-state index contributed by atoms with van der Waals surface area (Å²) >= 11 is 0. The van der Waals surface area contributed by atoms with Crippen LogP contribution < -0.4 is 5.32 Å². The number of aryl methyl sites for hydroxylation is 1. The Labute approximate surface area is 129 Å². The molecule has 1 aromatic heterocycles. The topological polar surface area (TPSA) is 39.1 Å². The molecule has 0 amide bonds. The molecule has 0 aromatic carbocycles. The van der Waals surface area contributed by atoms with Crippen LogP contribution in [0.3, 0.4) is 0 Å². The second-order valence-corrected chi connectivity index (χ2v) is 6.35. The molecule has 0 spiro atoms. The molecule has 2 heterocycles. The SMILES string of the molecule is CCc1nn(CC2CCOCC2)c(CC)c1CNC(C)C. The van der Waals surface area contributed by atoms with Crippen LogP contribution in [0, 0.1) is 5.92 Å². The Morgan fingerprint density at radius 1 is 1.24 bits per heavy atom. The zero-order chi connectivity index (χ0) is 15.2. The van der Waals surface area contributed by atoms with Crippen molar-refractivity contribution >= 4 is 0 Å². The summed E-state index contributed by atoms with van der Waals surface area (Å²) in [5.41, 5.74) is 4.12. The molecule has 120 valence electrons. The van der Waals surface area contributed by atoms with Crippen molar-refractivity contribution in [2.24, 2.45) is 5.92 Å². The Kier molecular flexibility index (Phi) is 6.24. The van der Waals surface area contributed by atoms with Gasteiger partial charge in [0.25, 0.3) is 0 Å². The zero-order valence-electron chi connectivity index (χ0n) is 14.1. The summed E-state index contributed by atoms with van der Waals surface area (Å²) in [5, 5.41) is 8.46. The van der Waals surface area contributed by atoms with E-state index in [0.717, 1.165) is 45.1 Å². The van der Waals surface area contributed by atoms with Gasteiger partial charge in [-0.05, 0) is 31.6 Å². The monoisotopic (exact) mass is 293 g/mol.